The fourth-order valence-electron chi connectivity index (χ4n) is 2.35. The predicted molar refractivity (Wildman–Crippen MR) is 73.3 cm³/mol. The Morgan fingerprint density at radius 1 is 1.11 bits per heavy atom. The van der Waals surface area contributed by atoms with Crippen molar-refractivity contribution in [3.63, 3.8) is 0 Å². The molecule has 3 N–H and O–H groups in total. The molecule has 1 rings (SSSR count). The Bertz CT molecular complexity index is 216. The maximum atomic E-state index is 11.7. The van der Waals surface area contributed by atoms with Gasteiger partial charge in [0.2, 0.25) is 0 Å². The van der Waals surface area contributed by atoms with Gasteiger partial charge in [-0.25, -0.2) is 0 Å². The molecule has 18 heavy (non-hydrogen) atoms. The highest BCUT2D eigenvalue weighted by atomic mass is 16.5. The lowest BCUT2D eigenvalue weighted by Crippen LogP contribution is -2.23. The van der Waals surface area contributed by atoms with E-state index in [4.69, 9.17) is 10.5 Å². The molecular formula is C14H28N2O2. The lowest BCUT2D eigenvalue weighted by Gasteiger charge is -2.19. The highest BCUT2D eigenvalue weighted by Gasteiger charge is 2.21. The standard InChI is InChI=1S/C14H28N2O2/c15-9-4-5-10-16-11-6-12-18-14(17)13-7-2-1-3-8-13/h13,16H,1-12,15H2. The van der Waals surface area contributed by atoms with Gasteiger partial charge in [-0.05, 0) is 51.7 Å². The molecule has 0 radical (unpaired) electrons. The molecule has 4 heteroatoms. The highest BCUT2D eigenvalue weighted by molar-refractivity contribution is 5.72. The van der Waals surface area contributed by atoms with E-state index in [-0.39, 0.29) is 11.9 Å². The molecule has 0 amide bonds. The molecule has 106 valence electrons. The Labute approximate surface area is 111 Å². The maximum absolute atomic E-state index is 11.7. The minimum atomic E-state index is 0.0258. The summed E-state index contributed by atoms with van der Waals surface area (Å²) in [5, 5.41) is 3.33. The van der Waals surface area contributed by atoms with E-state index in [1.54, 1.807) is 0 Å². The summed E-state index contributed by atoms with van der Waals surface area (Å²) in [6.07, 6.45) is 8.79. The number of nitrogens with one attached hydrogen (secondary N) is 1. The molecule has 0 spiro atoms. The third-order valence-electron chi connectivity index (χ3n) is 3.49. The van der Waals surface area contributed by atoms with Gasteiger partial charge in [-0.1, -0.05) is 19.3 Å². The van der Waals surface area contributed by atoms with Crippen LogP contribution in [0, 0.1) is 5.92 Å². The van der Waals surface area contributed by atoms with E-state index in [0.29, 0.717) is 6.61 Å². The van der Waals surface area contributed by atoms with Crippen LogP contribution in [0.1, 0.15) is 51.4 Å². The molecule has 0 aromatic heterocycles. The van der Waals surface area contributed by atoms with Gasteiger partial charge in [0.05, 0.1) is 12.5 Å². The van der Waals surface area contributed by atoms with Crippen LogP contribution in [-0.4, -0.2) is 32.2 Å². The van der Waals surface area contributed by atoms with Crippen LogP contribution in [-0.2, 0) is 9.53 Å². The van der Waals surface area contributed by atoms with Crippen molar-refractivity contribution in [2.24, 2.45) is 11.7 Å². The van der Waals surface area contributed by atoms with Gasteiger partial charge < -0.3 is 15.8 Å². The molecule has 0 aromatic rings. The zero-order valence-electron chi connectivity index (χ0n) is 11.5. The number of ether oxygens (including phenoxy) is 1. The number of esters is 1. The van der Waals surface area contributed by atoms with Gasteiger partial charge in [-0.2, -0.15) is 0 Å². The fourth-order valence-corrected chi connectivity index (χ4v) is 2.35. The molecule has 0 heterocycles. The van der Waals surface area contributed by atoms with Gasteiger partial charge in [0.25, 0.3) is 0 Å². The van der Waals surface area contributed by atoms with Crippen molar-refractivity contribution in [1.29, 1.82) is 0 Å². The monoisotopic (exact) mass is 256 g/mol. The number of unbranched alkanes of at least 4 members (excludes halogenated alkanes) is 1. The first-order chi connectivity index (χ1) is 8.84. The minimum absolute atomic E-state index is 0.0258. The molecule has 0 saturated heterocycles. The maximum Gasteiger partial charge on any atom is 0.308 e. The van der Waals surface area contributed by atoms with Gasteiger partial charge in [0, 0.05) is 0 Å². The van der Waals surface area contributed by atoms with Crippen molar-refractivity contribution in [2.45, 2.75) is 51.4 Å². The summed E-state index contributed by atoms with van der Waals surface area (Å²) in [5.74, 6) is 0.203. The van der Waals surface area contributed by atoms with E-state index in [2.05, 4.69) is 5.32 Å². The van der Waals surface area contributed by atoms with Crippen LogP contribution in [0.4, 0.5) is 0 Å². The Morgan fingerprint density at radius 2 is 1.83 bits per heavy atom. The first-order valence-corrected chi connectivity index (χ1v) is 7.42. The topological polar surface area (TPSA) is 64.3 Å². The number of hydrogen-bond donors (Lipinski definition) is 2. The van der Waals surface area contributed by atoms with Crippen molar-refractivity contribution in [3.05, 3.63) is 0 Å². The van der Waals surface area contributed by atoms with Crippen molar-refractivity contribution >= 4 is 5.97 Å². The summed E-state index contributed by atoms with van der Waals surface area (Å²) in [4.78, 5) is 11.7. The molecular weight excluding hydrogens is 228 g/mol. The quantitative estimate of drug-likeness (QED) is 0.488. The highest BCUT2D eigenvalue weighted by Crippen LogP contribution is 2.24. The normalized spacial score (nSPS) is 16.7. The molecule has 1 aliphatic carbocycles. The number of hydrogen-bond acceptors (Lipinski definition) is 4. The summed E-state index contributed by atoms with van der Waals surface area (Å²) < 4.78 is 5.31. The number of carbonyl (C=O) groups excluding carboxylic acids is 1. The molecule has 1 saturated carbocycles. The van der Waals surface area contributed by atoms with Crippen molar-refractivity contribution in [2.75, 3.05) is 26.2 Å². The largest absolute Gasteiger partial charge is 0.465 e. The second kappa shape index (κ2) is 10.3. The van der Waals surface area contributed by atoms with E-state index in [9.17, 15) is 4.79 Å². The van der Waals surface area contributed by atoms with E-state index < -0.39 is 0 Å². The number of nitrogens with two attached hydrogens (primary N) is 1. The third-order valence-corrected chi connectivity index (χ3v) is 3.49. The second-order valence-corrected chi connectivity index (χ2v) is 5.10. The Morgan fingerprint density at radius 3 is 2.56 bits per heavy atom. The van der Waals surface area contributed by atoms with Gasteiger partial charge in [0.1, 0.15) is 0 Å². The van der Waals surface area contributed by atoms with E-state index >= 15 is 0 Å². The van der Waals surface area contributed by atoms with Crippen LogP contribution in [0.2, 0.25) is 0 Å². The predicted octanol–water partition coefficient (Wildman–Crippen LogP) is 1.83. The van der Waals surface area contributed by atoms with Crippen LogP contribution in [0.25, 0.3) is 0 Å². The Balaban J connectivity index is 1.89. The van der Waals surface area contributed by atoms with Crippen molar-refractivity contribution in [1.82, 2.24) is 5.32 Å². The molecule has 4 nitrogen and oxygen atoms in total. The average Bonchev–Trinajstić information content (AvgIpc) is 2.42. The van der Waals surface area contributed by atoms with Gasteiger partial charge in [-0.3, -0.25) is 4.79 Å². The molecule has 0 unspecified atom stereocenters. The summed E-state index contributed by atoms with van der Waals surface area (Å²) >= 11 is 0. The van der Waals surface area contributed by atoms with Gasteiger partial charge >= 0.3 is 5.97 Å². The molecule has 0 bridgehead atoms. The lowest BCUT2D eigenvalue weighted by atomic mass is 9.89. The van der Waals surface area contributed by atoms with E-state index in [1.807, 2.05) is 0 Å². The van der Waals surface area contributed by atoms with E-state index in [1.165, 1.54) is 19.3 Å². The molecule has 0 atom stereocenters. The summed E-state index contributed by atoms with van der Waals surface area (Å²) in [6.45, 7) is 3.25. The zero-order valence-corrected chi connectivity index (χ0v) is 11.5. The fraction of sp³-hybridized carbons (Fsp3) is 0.929. The second-order valence-electron chi connectivity index (χ2n) is 5.10. The Hall–Kier alpha value is -0.610. The van der Waals surface area contributed by atoms with Crippen LogP contribution >= 0.6 is 0 Å². The smallest absolute Gasteiger partial charge is 0.308 e. The molecule has 0 aromatic carbocycles. The van der Waals surface area contributed by atoms with Crippen LogP contribution < -0.4 is 11.1 Å². The van der Waals surface area contributed by atoms with Crippen LogP contribution in [0.5, 0.6) is 0 Å². The van der Waals surface area contributed by atoms with Gasteiger partial charge in [0.15, 0.2) is 0 Å². The SMILES string of the molecule is NCCCCNCCCOC(=O)C1CCCCC1. The zero-order chi connectivity index (χ0) is 13.1. The summed E-state index contributed by atoms with van der Waals surface area (Å²) in [5.41, 5.74) is 5.41. The summed E-state index contributed by atoms with van der Waals surface area (Å²) in [7, 11) is 0. The molecule has 0 aliphatic heterocycles. The number of carbonyl (C=O) groups is 1. The van der Waals surface area contributed by atoms with E-state index in [0.717, 1.165) is 51.7 Å². The van der Waals surface area contributed by atoms with Crippen LogP contribution in [0.15, 0.2) is 0 Å². The van der Waals surface area contributed by atoms with Crippen molar-refractivity contribution < 1.29 is 9.53 Å². The Kier molecular flexibility index (Phi) is 8.86. The first-order valence-electron chi connectivity index (χ1n) is 7.42. The lowest BCUT2D eigenvalue weighted by molar-refractivity contribution is -0.149. The summed E-state index contributed by atoms with van der Waals surface area (Å²) in [6, 6.07) is 0. The average molecular weight is 256 g/mol. The molecule has 1 aliphatic rings. The van der Waals surface area contributed by atoms with Crippen LogP contribution in [0.3, 0.4) is 0 Å². The van der Waals surface area contributed by atoms with Crippen molar-refractivity contribution in [3.8, 4) is 0 Å². The minimum Gasteiger partial charge on any atom is -0.465 e. The number of rotatable bonds is 9. The molecule has 1 fully saturated rings. The first kappa shape index (κ1) is 15.4. The third kappa shape index (κ3) is 6.97. The van der Waals surface area contributed by atoms with Gasteiger partial charge in [-0.15, -0.1) is 0 Å².